The fourth-order valence-electron chi connectivity index (χ4n) is 4.65. The SMILES string of the molecule is COc1cc2nn(C)cc2cc1NC(=O)c1nc2ccc(N3CC[C@@H](N4CCC4)C3)nc2s1. The first-order valence-corrected chi connectivity index (χ1v) is 12.0. The van der Waals surface area contributed by atoms with Crippen molar-refractivity contribution in [2.45, 2.75) is 18.9 Å². The third kappa shape index (κ3) is 3.68. The van der Waals surface area contributed by atoms with Crippen LogP contribution in [0.2, 0.25) is 0 Å². The minimum atomic E-state index is -0.278. The van der Waals surface area contributed by atoms with E-state index in [1.807, 2.05) is 37.5 Å². The summed E-state index contributed by atoms with van der Waals surface area (Å²) in [6.07, 6.45) is 4.39. The van der Waals surface area contributed by atoms with E-state index >= 15 is 0 Å². The lowest BCUT2D eigenvalue weighted by molar-refractivity contribution is 0.102. The number of benzene rings is 1. The molecule has 33 heavy (non-hydrogen) atoms. The number of methoxy groups -OCH3 is 1. The van der Waals surface area contributed by atoms with Crippen molar-refractivity contribution in [3.63, 3.8) is 0 Å². The molecule has 0 unspecified atom stereocenters. The van der Waals surface area contributed by atoms with Crippen molar-refractivity contribution in [3.05, 3.63) is 35.5 Å². The molecule has 0 bridgehead atoms. The van der Waals surface area contributed by atoms with E-state index in [-0.39, 0.29) is 5.91 Å². The van der Waals surface area contributed by atoms with Crippen LogP contribution in [0, 0.1) is 0 Å². The van der Waals surface area contributed by atoms with E-state index in [4.69, 9.17) is 9.72 Å². The second-order valence-corrected chi connectivity index (χ2v) is 9.64. The number of amides is 1. The first kappa shape index (κ1) is 20.4. The number of thiazole rings is 1. The lowest BCUT2D eigenvalue weighted by atomic mass is 10.1. The van der Waals surface area contributed by atoms with E-state index in [0.29, 0.717) is 22.5 Å². The molecule has 2 aliphatic rings. The third-order valence-corrected chi connectivity index (χ3v) is 7.48. The van der Waals surface area contributed by atoms with Crippen molar-refractivity contribution in [2.75, 3.05) is 43.5 Å². The van der Waals surface area contributed by atoms with Crippen molar-refractivity contribution in [3.8, 4) is 5.75 Å². The number of carbonyl (C=O) groups excluding carboxylic acids is 1. The molecule has 0 spiro atoms. The molecule has 5 heterocycles. The topological polar surface area (TPSA) is 88.4 Å². The summed E-state index contributed by atoms with van der Waals surface area (Å²) in [4.78, 5) is 28.0. The van der Waals surface area contributed by atoms with E-state index < -0.39 is 0 Å². The highest BCUT2D eigenvalue weighted by Crippen LogP contribution is 2.32. The molecule has 1 aromatic carbocycles. The molecule has 170 valence electrons. The van der Waals surface area contributed by atoms with Crippen LogP contribution >= 0.6 is 11.3 Å². The molecule has 3 aromatic heterocycles. The van der Waals surface area contributed by atoms with Gasteiger partial charge in [0.05, 0.1) is 18.3 Å². The molecule has 1 amide bonds. The number of rotatable bonds is 5. The summed E-state index contributed by atoms with van der Waals surface area (Å²) in [5.41, 5.74) is 2.13. The van der Waals surface area contributed by atoms with Crippen LogP contribution < -0.4 is 15.0 Å². The molecule has 4 aromatic rings. The maximum atomic E-state index is 13.0. The van der Waals surface area contributed by atoms with Gasteiger partial charge in [-0.25, -0.2) is 9.97 Å². The number of hydrogen-bond donors (Lipinski definition) is 1. The van der Waals surface area contributed by atoms with Gasteiger partial charge in [0, 0.05) is 43.8 Å². The Morgan fingerprint density at radius 3 is 2.85 bits per heavy atom. The standard InChI is InChI=1S/C23H25N7O2S/c1-28-12-14-10-18(19(32-2)11-17(14)27-28)24-21(31)23-25-16-4-5-20(26-22(16)33-23)30-9-6-15(13-30)29-7-3-8-29/h4-5,10-12,15H,3,6-9,13H2,1-2H3,(H,24,31)/t15-/m1/s1. The molecular formula is C23H25N7O2S. The van der Waals surface area contributed by atoms with Crippen LogP contribution in [0.5, 0.6) is 5.75 Å². The van der Waals surface area contributed by atoms with Crippen LogP contribution in [-0.2, 0) is 7.05 Å². The van der Waals surface area contributed by atoms with E-state index in [1.54, 1.807) is 11.8 Å². The molecule has 1 N–H and O–H groups in total. The first-order valence-electron chi connectivity index (χ1n) is 11.2. The number of ether oxygens (including phenoxy) is 1. The lowest BCUT2D eigenvalue weighted by Crippen LogP contribution is -2.46. The maximum absolute atomic E-state index is 13.0. The Kier molecular flexibility index (Phi) is 4.92. The van der Waals surface area contributed by atoms with E-state index in [9.17, 15) is 4.79 Å². The van der Waals surface area contributed by atoms with Gasteiger partial charge in [0.15, 0.2) is 5.01 Å². The Balaban J connectivity index is 1.23. The van der Waals surface area contributed by atoms with Crippen molar-refractivity contribution >= 4 is 50.0 Å². The highest BCUT2D eigenvalue weighted by atomic mass is 32.1. The van der Waals surface area contributed by atoms with Gasteiger partial charge in [0.1, 0.15) is 21.9 Å². The summed E-state index contributed by atoms with van der Waals surface area (Å²) >= 11 is 1.31. The van der Waals surface area contributed by atoms with Gasteiger partial charge >= 0.3 is 0 Å². The number of hydrogen-bond acceptors (Lipinski definition) is 8. The Morgan fingerprint density at radius 2 is 2.06 bits per heavy atom. The number of nitrogens with zero attached hydrogens (tertiary/aromatic N) is 6. The van der Waals surface area contributed by atoms with Crippen LogP contribution in [0.4, 0.5) is 11.5 Å². The smallest absolute Gasteiger partial charge is 0.284 e. The average Bonchev–Trinajstić information content (AvgIpc) is 3.48. The van der Waals surface area contributed by atoms with Gasteiger partial charge in [-0.15, -0.1) is 0 Å². The summed E-state index contributed by atoms with van der Waals surface area (Å²) in [7, 11) is 3.44. The minimum Gasteiger partial charge on any atom is -0.494 e. The van der Waals surface area contributed by atoms with Crippen LogP contribution in [-0.4, -0.2) is 69.9 Å². The van der Waals surface area contributed by atoms with Crippen LogP contribution in [0.15, 0.2) is 30.5 Å². The van der Waals surface area contributed by atoms with Gasteiger partial charge in [0.25, 0.3) is 5.91 Å². The summed E-state index contributed by atoms with van der Waals surface area (Å²) in [5, 5.41) is 8.64. The zero-order valence-electron chi connectivity index (χ0n) is 18.6. The number of fused-ring (bicyclic) bond motifs is 2. The molecule has 2 saturated heterocycles. The van der Waals surface area contributed by atoms with Crippen LogP contribution in [0.1, 0.15) is 22.6 Å². The molecule has 1 atom stereocenters. The summed E-state index contributed by atoms with van der Waals surface area (Å²) in [6, 6.07) is 8.29. The highest BCUT2D eigenvalue weighted by Gasteiger charge is 2.31. The first-order chi connectivity index (χ1) is 16.1. The fraction of sp³-hybridized carbons (Fsp3) is 0.391. The summed E-state index contributed by atoms with van der Waals surface area (Å²) in [6.45, 7) is 4.47. The summed E-state index contributed by atoms with van der Waals surface area (Å²) < 4.78 is 7.20. The molecule has 2 aliphatic heterocycles. The molecule has 0 aliphatic carbocycles. The van der Waals surface area contributed by atoms with Gasteiger partial charge < -0.3 is 15.0 Å². The molecule has 0 radical (unpaired) electrons. The lowest BCUT2D eigenvalue weighted by Gasteiger charge is -2.36. The highest BCUT2D eigenvalue weighted by molar-refractivity contribution is 7.20. The largest absolute Gasteiger partial charge is 0.494 e. The Morgan fingerprint density at radius 1 is 1.18 bits per heavy atom. The second-order valence-electron chi connectivity index (χ2n) is 8.66. The molecule has 0 saturated carbocycles. The van der Waals surface area contributed by atoms with Crippen molar-refractivity contribution in [1.29, 1.82) is 0 Å². The number of anilines is 2. The van der Waals surface area contributed by atoms with Gasteiger partial charge in [-0.05, 0) is 44.1 Å². The molecule has 6 rings (SSSR count). The van der Waals surface area contributed by atoms with Crippen molar-refractivity contribution < 1.29 is 9.53 Å². The second kappa shape index (κ2) is 7.96. The number of aromatic nitrogens is 4. The van der Waals surface area contributed by atoms with E-state index in [0.717, 1.165) is 40.2 Å². The number of pyridine rings is 1. The predicted molar refractivity (Wildman–Crippen MR) is 129 cm³/mol. The van der Waals surface area contributed by atoms with E-state index in [1.165, 1.54) is 37.3 Å². The zero-order valence-corrected chi connectivity index (χ0v) is 19.4. The molecular weight excluding hydrogens is 438 g/mol. The monoisotopic (exact) mass is 463 g/mol. The predicted octanol–water partition coefficient (Wildman–Crippen LogP) is 3.12. The zero-order chi connectivity index (χ0) is 22.5. The third-order valence-electron chi connectivity index (χ3n) is 6.52. The number of likely N-dealkylation sites (tertiary alicyclic amines) is 1. The van der Waals surface area contributed by atoms with E-state index in [2.05, 4.69) is 25.2 Å². The Bertz CT molecular complexity index is 1360. The molecule has 9 nitrogen and oxygen atoms in total. The molecule has 2 fully saturated rings. The summed E-state index contributed by atoms with van der Waals surface area (Å²) in [5.74, 6) is 1.24. The van der Waals surface area contributed by atoms with Gasteiger partial charge in [-0.2, -0.15) is 5.10 Å². The quantitative estimate of drug-likeness (QED) is 0.486. The number of carbonyl (C=O) groups is 1. The molecule has 10 heteroatoms. The normalized spacial score (nSPS) is 18.7. The Labute approximate surface area is 195 Å². The average molecular weight is 464 g/mol. The minimum absolute atomic E-state index is 0.278. The van der Waals surface area contributed by atoms with Crippen LogP contribution in [0.25, 0.3) is 21.3 Å². The van der Waals surface area contributed by atoms with Crippen molar-refractivity contribution in [1.82, 2.24) is 24.6 Å². The van der Waals surface area contributed by atoms with Gasteiger partial charge in [-0.3, -0.25) is 14.4 Å². The van der Waals surface area contributed by atoms with Crippen molar-refractivity contribution in [2.24, 2.45) is 7.05 Å². The van der Waals surface area contributed by atoms with Gasteiger partial charge in [0.2, 0.25) is 0 Å². The Hall–Kier alpha value is -3.24. The number of nitrogens with one attached hydrogen (secondary N) is 1. The fourth-order valence-corrected chi connectivity index (χ4v) is 5.48. The van der Waals surface area contributed by atoms with Crippen LogP contribution in [0.3, 0.4) is 0 Å². The number of aryl methyl sites for hydroxylation is 1. The van der Waals surface area contributed by atoms with Gasteiger partial charge in [-0.1, -0.05) is 11.3 Å². The maximum Gasteiger partial charge on any atom is 0.284 e.